The van der Waals surface area contributed by atoms with Gasteiger partial charge < -0.3 is 29.1 Å². The summed E-state index contributed by atoms with van der Waals surface area (Å²) in [5.41, 5.74) is -1.07. The molecule has 1 heterocycles. The fourth-order valence-corrected chi connectivity index (χ4v) is 3.87. The largest absolute Gasteiger partial charge is 0.388 e. The zero-order chi connectivity index (χ0) is 18.1. The summed E-state index contributed by atoms with van der Waals surface area (Å²) in [6, 6.07) is -0.777. The molecular weight excluding hydrogens is 322 g/mol. The minimum atomic E-state index is -4.29. The molecule has 1 rings (SSSR count). The van der Waals surface area contributed by atoms with Crippen molar-refractivity contribution in [3.05, 3.63) is 0 Å². The van der Waals surface area contributed by atoms with Crippen molar-refractivity contribution in [2.45, 2.75) is 82.2 Å². The molecule has 7 atom stereocenters. The van der Waals surface area contributed by atoms with E-state index >= 15 is 0 Å². The van der Waals surface area contributed by atoms with E-state index in [4.69, 9.17) is 21.8 Å². The van der Waals surface area contributed by atoms with E-state index in [0.29, 0.717) is 6.42 Å². The first-order chi connectivity index (χ1) is 10.4. The molecule has 4 unspecified atom stereocenters. The third-order valence-corrected chi connectivity index (χ3v) is 6.87. The standard InChI is InChI=1S/C14H28BO7P/c1-6-13(3,22-23(18,19)14(4,17)7-2)8-9-10(16)11(20-5)12(15)21-9/h9-12,16-17H,6-8H2,1-5H3,(H,18,19)/t9?,10-,11-,12-,13?,14?/m1/s1. The van der Waals surface area contributed by atoms with Crippen LogP contribution >= 0.6 is 7.60 Å². The first-order valence-corrected chi connectivity index (χ1v) is 9.38. The Morgan fingerprint density at radius 2 is 1.87 bits per heavy atom. The van der Waals surface area contributed by atoms with Crippen molar-refractivity contribution in [1.82, 2.24) is 0 Å². The minimum Gasteiger partial charge on any atom is -0.388 e. The Kier molecular flexibility index (Phi) is 6.90. The summed E-state index contributed by atoms with van der Waals surface area (Å²) >= 11 is 0. The Bertz CT molecular complexity index is 447. The second kappa shape index (κ2) is 7.52. The van der Waals surface area contributed by atoms with Crippen LogP contribution in [0, 0.1) is 0 Å². The highest BCUT2D eigenvalue weighted by Gasteiger charge is 2.49. The van der Waals surface area contributed by atoms with Crippen molar-refractivity contribution >= 4 is 15.4 Å². The second-order valence-electron chi connectivity index (χ2n) is 6.52. The molecule has 1 aliphatic heterocycles. The second-order valence-corrected chi connectivity index (χ2v) is 8.71. The van der Waals surface area contributed by atoms with Gasteiger partial charge in [-0.3, -0.25) is 4.57 Å². The van der Waals surface area contributed by atoms with Gasteiger partial charge in [0, 0.05) is 19.5 Å². The number of aliphatic hydroxyl groups excluding tert-OH is 1. The maximum atomic E-state index is 12.4. The highest BCUT2D eigenvalue weighted by Crippen LogP contribution is 2.59. The molecule has 0 aromatic rings. The van der Waals surface area contributed by atoms with E-state index in [-0.39, 0.29) is 12.8 Å². The molecule has 9 heteroatoms. The van der Waals surface area contributed by atoms with Crippen LogP contribution in [0.15, 0.2) is 0 Å². The number of methoxy groups -OCH3 is 1. The molecular formula is C14H28BO7P. The lowest BCUT2D eigenvalue weighted by Crippen LogP contribution is -2.40. The molecule has 2 radical (unpaired) electrons. The van der Waals surface area contributed by atoms with Crippen molar-refractivity contribution in [2.75, 3.05) is 7.11 Å². The molecule has 0 amide bonds. The third kappa shape index (κ3) is 4.57. The van der Waals surface area contributed by atoms with Crippen LogP contribution in [-0.2, 0) is 18.6 Å². The van der Waals surface area contributed by atoms with Gasteiger partial charge in [-0.25, -0.2) is 0 Å². The summed E-state index contributed by atoms with van der Waals surface area (Å²) in [4.78, 5) is 10.1. The van der Waals surface area contributed by atoms with Crippen LogP contribution in [0.3, 0.4) is 0 Å². The van der Waals surface area contributed by atoms with Gasteiger partial charge in [-0.2, -0.15) is 0 Å². The molecule has 0 aromatic carbocycles. The van der Waals surface area contributed by atoms with Crippen LogP contribution < -0.4 is 0 Å². The molecule has 1 aliphatic rings. The SMILES string of the molecule is [B][C@@H]1OC(CC(C)(CC)OP(=O)(O)C(C)(O)CC)[C@@H](O)[C@H]1OC. The molecule has 0 aromatic heterocycles. The van der Waals surface area contributed by atoms with Gasteiger partial charge in [0.05, 0.1) is 11.7 Å². The zero-order valence-corrected chi connectivity index (χ0v) is 15.3. The van der Waals surface area contributed by atoms with E-state index in [0.717, 1.165) is 0 Å². The van der Waals surface area contributed by atoms with Crippen LogP contribution in [0.1, 0.15) is 47.0 Å². The summed E-state index contributed by atoms with van der Waals surface area (Å²) in [6.07, 6.45) is -1.72. The van der Waals surface area contributed by atoms with Gasteiger partial charge in [0.1, 0.15) is 20.1 Å². The van der Waals surface area contributed by atoms with E-state index < -0.39 is 42.9 Å². The topological polar surface area (TPSA) is 105 Å². The lowest BCUT2D eigenvalue weighted by molar-refractivity contribution is -0.0458. The Labute approximate surface area is 139 Å². The van der Waals surface area contributed by atoms with Gasteiger partial charge in [0.25, 0.3) is 0 Å². The molecule has 7 nitrogen and oxygen atoms in total. The minimum absolute atomic E-state index is 0.0692. The first-order valence-electron chi connectivity index (χ1n) is 7.81. The van der Waals surface area contributed by atoms with E-state index in [1.807, 2.05) is 0 Å². The van der Waals surface area contributed by atoms with Crippen LogP contribution in [0.2, 0.25) is 0 Å². The number of hydrogen-bond donors (Lipinski definition) is 3. The first kappa shape index (κ1) is 21.1. The van der Waals surface area contributed by atoms with Gasteiger partial charge in [-0.15, -0.1) is 0 Å². The Hall–Kier alpha value is 0.0549. The van der Waals surface area contributed by atoms with E-state index in [2.05, 4.69) is 0 Å². The molecule has 3 N–H and O–H groups in total. The Morgan fingerprint density at radius 3 is 2.26 bits per heavy atom. The number of ether oxygens (including phenoxy) is 2. The highest BCUT2D eigenvalue weighted by molar-refractivity contribution is 7.54. The summed E-state index contributed by atoms with van der Waals surface area (Å²) in [5, 5.41) is 18.5. The highest BCUT2D eigenvalue weighted by atomic mass is 31.2. The van der Waals surface area contributed by atoms with Crippen LogP contribution in [0.25, 0.3) is 0 Å². The summed E-state index contributed by atoms with van der Waals surface area (Å²) in [5.74, 6) is 0. The van der Waals surface area contributed by atoms with Gasteiger partial charge in [-0.1, -0.05) is 13.8 Å². The van der Waals surface area contributed by atoms with Gasteiger partial charge in [-0.05, 0) is 26.7 Å². The Morgan fingerprint density at radius 1 is 1.30 bits per heavy atom. The number of hydrogen-bond acceptors (Lipinski definition) is 6. The van der Waals surface area contributed by atoms with Crippen molar-refractivity contribution in [2.24, 2.45) is 0 Å². The van der Waals surface area contributed by atoms with E-state index in [1.54, 1.807) is 20.8 Å². The average molecular weight is 350 g/mol. The van der Waals surface area contributed by atoms with E-state index in [9.17, 15) is 19.7 Å². The fourth-order valence-electron chi connectivity index (χ4n) is 2.48. The molecule has 0 saturated carbocycles. The van der Waals surface area contributed by atoms with E-state index in [1.165, 1.54) is 14.0 Å². The van der Waals surface area contributed by atoms with Crippen molar-refractivity contribution in [1.29, 1.82) is 0 Å². The Balaban J connectivity index is 2.89. The third-order valence-electron chi connectivity index (χ3n) is 4.65. The van der Waals surface area contributed by atoms with Crippen LogP contribution in [0.4, 0.5) is 0 Å². The lowest BCUT2D eigenvalue weighted by Gasteiger charge is -2.37. The van der Waals surface area contributed by atoms with Crippen LogP contribution in [0.5, 0.6) is 0 Å². The number of aliphatic hydroxyl groups is 2. The molecule has 23 heavy (non-hydrogen) atoms. The predicted octanol–water partition coefficient (Wildman–Crippen LogP) is 1.13. The smallest absolute Gasteiger partial charge is 0.359 e. The molecule has 1 saturated heterocycles. The monoisotopic (exact) mass is 350 g/mol. The predicted molar refractivity (Wildman–Crippen MR) is 86.4 cm³/mol. The lowest BCUT2D eigenvalue weighted by atomic mass is 9.89. The zero-order valence-electron chi connectivity index (χ0n) is 14.4. The molecule has 1 fully saturated rings. The molecule has 0 aliphatic carbocycles. The quantitative estimate of drug-likeness (QED) is 0.445. The molecule has 134 valence electrons. The fraction of sp³-hybridized carbons (Fsp3) is 1.00. The number of rotatable bonds is 8. The average Bonchev–Trinajstić information content (AvgIpc) is 2.71. The van der Waals surface area contributed by atoms with Crippen molar-refractivity contribution in [3.63, 3.8) is 0 Å². The van der Waals surface area contributed by atoms with Gasteiger partial charge >= 0.3 is 7.60 Å². The maximum Gasteiger partial charge on any atom is 0.359 e. The van der Waals surface area contributed by atoms with Crippen molar-refractivity contribution < 1.29 is 33.7 Å². The van der Waals surface area contributed by atoms with Gasteiger partial charge in [0.2, 0.25) is 0 Å². The normalized spacial score (nSPS) is 36.2. The summed E-state index contributed by atoms with van der Waals surface area (Å²) in [6.45, 7) is 6.29. The van der Waals surface area contributed by atoms with Crippen molar-refractivity contribution in [3.8, 4) is 0 Å². The summed E-state index contributed by atoms with van der Waals surface area (Å²) < 4.78 is 28.4. The summed E-state index contributed by atoms with van der Waals surface area (Å²) in [7, 11) is 2.89. The molecule has 0 spiro atoms. The maximum absolute atomic E-state index is 12.4. The van der Waals surface area contributed by atoms with Gasteiger partial charge in [0.15, 0.2) is 5.34 Å². The molecule has 0 bridgehead atoms. The van der Waals surface area contributed by atoms with Crippen LogP contribution in [-0.4, -0.2) is 65.3 Å².